The van der Waals surface area contributed by atoms with E-state index in [1.54, 1.807) is 0 Å². The van der Waals surface area contributed by atoms with Crippen LogP contribution >= 0.6 is 0 Å². The molecule has 1 N–H and O–H groups in total. The summed E-state index contributed by atoms with van der Waals surface area (Å²) in [7, 11) is 0. The Hall–Kier alpha value is -0.760. The molecule has 1 aliphatic heterocycles. The van der Waals surface area contributed by atoms with Crippen molar-refractivity contribution >= 4 is 0 Å². The maximum atomic E-state index is 10.3. The van der Waals surface area contributed by atoms with Gasteiger partial charge in [0.15, 0.2) is 0 Å². The summed E-state index contributed by atoms with van der Waals surface area (Å²) in [6, 6.07) is 0. The van der Waals surface area contributed by atoms with Crippen LogP contribution in [0.2, 0.25) is 0 Å². The minimum Gasteiger partial charge on any atom is -0.494 e. The molecule has 2 nitrogen and oxygen atoms in total. The second kappa shape index (κ2) is 4.41. The lowest BCUT2D eigenvalue weighted by Gasteiger charge is -2.46. The molecule has 2 aliphatic carbocycles. The second-order valence-electron chi connectivity index (χ2n) is 6.22. The number of aliphatic hydroxyl groups excluding tert-OH is 1. The van der Waals surface area contributed by atoms with Gasteiger partial charge in [0.2, 0.25) is 0 Å². The van der Waals surface area contributed by atoms with E-state index in [2.05, 4.69) is 19.9 Å². The van der Waals surface area contributed by atoms with Crippen molar-refractivity contribution in [3.8, 4) is 0 Å². The number of rotatable bonds is 1. The topological polar surface area (TPSA) is 29.5 Å². The fraction of sp³-hybridized carbons (Fsp3) is 0.750. The molecule has 2 unspecified atom stereocenters. The van der Waals surface area contributed by atoms with E-state index in [1.165, 1.54) is 16.9 Å². The largest absolute Gasteiger partial charge is 0.494 e. The lowest BCUT2D eigenvalue weighted by Crippen LogP contribution is -2.41. The smallest absolute Gasteiger partial charge is 0.0999 e. The van der Waals surface area contributed by atoms with Crippen LogP contribution in [0.25, 0.3) is 0 Å². The lowest BCUT2D eigenvalue weighted by molar-refractivity contribution is 0.0207. The average Bonchev–Trinajstić information content (AvgIpc) is 2.40. The molecule has 100 valence electrons. The van der Waals surface area contributed by atoms with Gasteiger partial charge in [0.25, 0.3) is 0 Å². The number of hydrogen-bond donors (Lipinski definition) is 1. The molecule has 1 heterocycles. The van der Waals surface area contributed by atoms with E-state index in [1.807, 2.05) is 0 Å². The van der Waals surface area contributed by atoms with Gasteiger partial charge in [-0.25, -0.2) is 0 Å². The average molecular weight is 248 g/mol. The third kappa shape index (κ3) is 1.73. The van der Waals surface area contributed by atoms with Crippen LogP contribution in [-0.4, -0.2) is 17.3 Å². The highest BCUT2D eigenvalue weighted by molar-refractivity contribution is 5.44. The number of hydrogen-bond acceptors (Lipinski definition) is 2. The molecule has 18 heavy (non-hydrogen) atoms. The molecule has 0 aromatic heterocycles. The molecule has 3 aliphatic rings. The van der Waals surface area contributed by atoms with Crippen molar-refractivity contribution in [2.24, 2.45) is 5.41 Å². The summed E-state index contributed by atoms with van der Waals surface area (Å²) in [5.74, 6) is 1.23. The molecule has 3 rings (SSSR count). The normalized spacial score (nSPS) is 39.6. The number of fused-ring (bicyclic) bond motifs is 2. The Labute approximate surface area is 110 Å². The van der Waals surface area contributed by atoms with Gasteiger partial charge in [0.05, 0.1) is 18.0 Å². The van der Waals surface area contributed by atoms with Crippen LogP contribution in [-0.2, 0) is 4.74 Å². The highest BCUT2D eigenvalue weighted by Gasteiger charge is 2.44. The lowest BCUT2D eigenvalue weighted by atomic mass is 9.63. The standard InChI is InChI=1S/C16H24O2/c1-3-11-7-8-12-13-5-4-6-15(17)16(13,2)10-9-14(12)18-11/h5,11,15,17H,3-4,6-10H2,1-2H3/t11?,15?,16-/m0/s1. The maximum absolute atomic E-state index is 10.3. The Balaban J connectivity index is 1.96. The van der Waals surface area contributed by atoms with E-state index in [-0.39, 0.29) is 11.5 Å². The minimum absolute atomic E-state index is 0.0144. The zero-order valence-electron chi connectivity index (χ0n) is 11.5. The van der Waals surface area contributed by atoms with E-state index >= 15 is 0 Å². The van der Waals surface area contributed by atoms with Crippen LogP contribution < -0.4 is 0 Å². The Morgan fingerprint density at radius 2 is 2.22 bits per heavy atom. The van der Waals surface area contributed by atoms with E-state index in [0.717, 1.165) is 44.9 Å². The molecule has 0 saturated heterocycles. The highest BCUT2D eigenvalue weighted by atomic mass is 16.5. The van der Waals surface area contributed by atoms with Crippen LogP contribution in [0.4, 0.5) is 0 Å². The van der Waals surface area contributed by atoms with Crippen LogP contribution in [0, 0.1) is 5.41 Å². The molecule has 0 aromatic carbocycles. The van der Waals surface area contributed by atoms with Gasteiger partial charge in [-0.1, -0.05) is 19.9 Å². The summed E-state index contributed by atoms with van der Waals surface area (Å²) in [4.78, 5) is 0. The van der Waals surface area contributed by atoms with Gasteiger partial charge in [-0.15, -0.1) is 0 Å². The van der Waals surface area contributed by atoms with Crippen LogP contribution in [0.1, 0.15) is 58.8 Å². The maximum Gasteiger partial charge on any atom is 0.0999 e. The van der Waals surface area contributed by atoms with E-state index in [4.69, 9.17) is 4.74 Å². The Kier molecular flexibility index (Phi) is 3.01. The molecule has 0 aromatic rings. The number of aliphatic hydroxyl groups is 1. The van der Waals surface area contributed by atoms with Gasteiger partial charge in [0.1, 0.15) is 0 Å². The van der Waals surface area contributed by atoms with Gasteiger partial charge in [-0.05, 0) is 49.7 Å². The summed E-state index contributed by atoms with van der Waals surface area (Å²) in [5.41, 5.74) is 2.81. The molecule has 0 spiro atoms. The highest BCUT2D eigenvalue weighted by Crippen LogP contribution is 2.52. The van der Waals surface area contributed by atoms with Crippen molar-refractivity contribution in [1.82, 2.24) is 0 Å². The third-order valence-corrected chi connectivity index (χ3v) is 5.15. The Morgan fingerprint density at radius 3 is 3.00 bits per heavy atom. The molecule has 0 amide bonds. The molecular weight excluding hydrogens is 224 g/mol. The SMILES string of the molecule is CCC1CCC2=C(CC[C@@]3(C)C2=CCCC3O)O1. The first-order valence-electron chi connectivity index (χ1n) is 7.43. The molecular formula is C16H24O2. The molecule has 0 bridgehead atoms. The van der Waals surface area contributed by atoms with E-state index in [0.29, 0.717) is 6.10 Å². The molecule has 2 heteroatoms. The van der Waals surface area contributed by atoms with Crippen molar-refractivity contribution in [1.29, 1.82) is 0 Å². The van der Waals surface area contributed by atoms with Crippen molar-refractivity contribution in [2.75, 3.05) is 0 Å². The molecule has 0 saturated carbocycles. The van der Waals surface area contributed by atoms with Crippen molar-refractivity contribution in [2.45, 2.75) is 71.0 Å². The first-order valence-corrected chi connectivity index (χ1v) is 7.43. The molecule has 0 radical (unpaired) electrons. The van der Waals surface area contributed by atoms with Crippen LogP contribution in [0.3, 0.4) is 0 Å². The van der Waals surface area contributed by atoms with E-state index in [9.17, 15) is 5.11 Å². The monoisotopic (exact) mass is 248 g/mol. The zero-order valence-corrected chi connectivity index (χ0v) is 11.5. The van der Waals surface area contributed by atoms with Crippen LogP contribution in [0.15, 0.2) is 23.0 Å². The third-order valence-electron chi connectivity index (χ3n) is 5.15. The summed E-state index contributed by atoms with van der Waals surface area (Å²) in [6.45, 7) is 4.44. The van der Waals surface area contributed by atoms with Gasteiger partial charge >= 0.3 is 0 Å². The van der Waals surface area contributed by atoms with Gasteiger partial charge in [-0.2, -0.15) is 0 Å². The van der Waals surface area contributed by atoms with Gasteiger partial charge in [0, 0.05) is 11.8 Å². The number of ether oxygens (including phenoxy) is 1. The fourth-order valence-corrected chi connectivity index (χ4v) is 3.82. The van der Waals surface area contributed by atoms with E-state index < -0.39 is 0 Å². The first-order chi connectivity index (χ1) is 8.65. The Bertz CT molecular complexity index is 407. The zero-order chi connectivity index (χ0) is 12.8. The minimum atomic E-state index is -0.171. The Morgan fingerprint density at radius 1 is 1.39 bits per heavy atom. The molecule has 0 fully saturated rings. The van der Waals surface area contributed by atoms with Gasteiger partial charge in [-0.3, -0.25) is 0 Å². The van der Waals surface area contributed by atoms with Crippen molar-refractivity contribution in [3.05, 3.63) is 23.0 Å². The first kappa shape index (κ1) is 12.3. The molecule has 3 atom stereocenters. The van der Waals surface area contributed by atoms with Crippen LogP contribution in [0.5, 0.6) is 0 Å². The fourth-order valence-electron chi connectivity index (χ4n) is 3.82. The quantitative estimate of drug-likeness (QED) is 0.766. The summed E-state index contributed by atoms with van der Waals surface area (Å²) < 4.78 is 6.13. The summed E-state index contributed by atoms with van der Waals surface area (Å²) in [6.07, 6.45) is 9.97. The van der Waals surface area contributed by atoms with Crippen molar-refractivity contribution in [3.63, 3.8) is 0 Å². The summed E-state index contributed by atoms with van der Waals surface area (Å²) >= 11 is 0. The van der Waals surface area contributed by atoms with Gasteiger partial charge < -0.3 is 9.84 Å². The predicted molar refractivity (Wildman–Crippen MR) is 72.1 cm³/mol. The predicted octanol–water partition coefficient (Wildman–Crippen LogP) is 3.71. The second-order valence-corrected chi connectivity index (χ2v) is 6.22. The summed E-state index contributed by atoms with van der Waals surface area (Å²) in [5, 5.41) is 10.3. The van der Waals surface area contributed by atoms with Crippen molar-refractivity contribution < 1.29 is 9.84 Å². The number of allylic oxidation sites excluding steroid dienone is 3.